The Bertz CT molecular complexity index is 1210. The molecule has 0 atom stereocenters. The van der Waals surface area contributed by atoms with Gasteiger partial charge in [0, 0.05) is 13.1 Å². The molecule has 3 heterocycles. The molecule has 0 spiro atoms. The highest BCUT2D eigenvalue weighted by atomic mass is 32.1. The lowest BCUT2D eigenvalue weighted by Gasteiger charge is -2.05. The minimum absolute atomic E-state index is 0.138. The van der Waals surface area contributed by atoms with Gasteiger partial charge in [-0.15, -0.1) is 0 Å². The fraction of sp³-hybridized carbons (Fsp3) is 0.222. The van der Waals surface area contributed by atoms with E-state index in [4.69, 9.17) is 4.74 Å². The molecule has 0 radical (unpaired) electrons. The van der Waals surface area contributed by atoms with Crippen LogP contribution in [0.1, 0.15) is 48.7 Å². The highest BCUT2D eigenvalue weighted by molar-refractivity contribution is 7.16. The van der Waals surface area contributed by atoms with Crippen molar-refractivity contribution in [2.75, 3.05) is 7.05 Å². The van der Waals surface area contributed by atoms with E-state index in [1.165, 1.54) is 47.2 Å². The number of hydrogen-bond donors (Lipinski definition) is 0. The van der Waals surface area contributed by atoms with Crippen molar-refractivity contribution in [1.29, 1.82) is 0 Å². The molecule has 0 aliphatic carbocycles. The normalized spacial score (nSPS) is 13.3. The summed E-state index contributed by atoms with van der Waals surface area (Å²) in [4.78, 5) is 54.1. The van der Waals surface area contributed by atoms with E-state index < -0.39 is 17.8 Å². The third-order valence-corrected chi connectivity index (χ3v) is 5.37. The first-order valence-electron chi connectivity index (χ1n) is 8.41. The van der Waals surface area contributed by atoms with Crippen LogP contribution >= 0.6 is 11.3 Å². The molecule has 2 amide bonds. The SMILES string of the molecule is CCc1nn2c(=O)cc(COC(=O)c3ccc4c(c3)C(=O)N(C)C4=O)nc2s1. The second-order valence-electron chi connectivity index (χ2n) is 6.14. The van der Waals surface area contributed by atoms with Crippen LogP contribution in [0.3, 0.4) is 0 Å². The number of amides is 2. The summed E-state index contributed by atoms with van der Waals surface area (Å²) in [5.41, 5.74) is 0.505. The molecule has 0 N–H and O–H groups in total. The van der Waals surface area contributed by atoms with Crippen LogP contribution in [0.5, 0.6) is 0 Å². The number of carbonyl (C=O) groups excluding carboxylic acids is 3. The summed E-state index contributed by atoms with van der Waals surface area (Å²) in [6.45, 7) is 1.73. The van der Waals surface area contributed by atoms with E-state index in [1.54, 1.807) is 0 Å². The summed E-state index contributed by atoms with van der Waals surface area (Å²) in [5.74, 6) is -1.56. The van der Waals surface area contributed by atoms with E-state index in [2.05, 4.69) is 10.1 Å². The molecule has 4 rings (SSSR count). The lowest BCUT2D eigenvalue weighted by molar-refractivity contribution is 0.0467. The van der Waals surface area contributed by atoms with Gasteiger partial charge in [0.25, 0.3) is 17.4 Å². The maximum atomic E-state index is 12.3. The summed E-state index contributed by atoms with van der Waals surface area (Å²) in [5, 5.41) is 4.94. The lowest BCUT2D eigenvalue weighted by Crippen LogP contribution is -2.24. The number of aromatic nitrogens is 3. The van der Waals surface area contributed by atoms with Gasteiger partial charge in [-0.05, 0) is 24.6 Å². The number of rotatable bonds is 4. The molecule has 2 aromatic heterocycles. The third-order valence-electron chi connectivity index (χ3n) is 4.32. The second kappa shape index (κ2) is 6.64. The molecule has 0 fully saturated rings. The molecular formula is C18H14N4O5S. The molecule has 9 nitrogen and oxygen atoms in total. The Balaban J connectivity index is 1.54. The van der Waals surface area contributed by atoms with Crippen LogP contribution < -0.4 is 5.56 Å². The summed E-state index contributed by atoms with van der Waals surface area (Å²) in [7, 11) is 1.38. The van der Waals surface area contributed by atoms with Crippen molar-refractivity contribution in [2.45, 2.75) is 20.0 Å². The maximum Gasteiger partial charge on any atom is 0.338 e. The molecule has 0 unspecified atom stereocenters. The quantitative estimate of drug-likeness (QED) is 0.481. The first-order chi connectivity index (χ1) is 13.4. The zero-order chi connectivity index (χ0) is 20.0. The van der Waals surface area contributed by atoms with Crippen molar-refractivity contribution < 1.29 is 19.1 Å². The molecule has 10 heteroatoms. The van der Waals surface area contributed by atoms with Crippen LogP contribution in [0, 0.1) is 0 Å². The molecule has 1 aromatic carbocycles. The number of hydrogen-bond acceptors (Lipinski definition) is 8. The predicted molar refractivity (Wildman–Crippen MR) is 98.5 cm³/mol. The van der Waals surface area contributed by atoms with Crippen LogP contribution in [-0.2, 0) is 17.8 Å². The van der Waals surface area contributed by atoms with Crippen molar-refractivity contribution in [3.8, 4) is 0 Å². The first-order valence-corrected chi connectivity index (χ1v) is 9.23. The topological polar surface area (TPSA) is 111 Å². The van der Waals surface area contributed by atoms with Gasteiger partial charge in [0.2, 0.25) is 4.96 Å². The number of benzene rings is 1. The Labute approximate surface area is 162 Å². The second-order valence-corrected chi connectivity index (χ2v) is 7.18. The highest BCUT2D eigenvalue weighted by Gasteiger charge is 2.33. The highest BCUT2D eigenvalue weighted by Crippen LogP contribution is 2.23. The third kappa shape index (κ3) is 2.87. The molecule has 0 saturated carbocycles. The smallest absolute Gasteiger partial charge is 0.338 e. The number of fused-ring (bicyclic) bond motifs is 2. The lowest BCUT2D eigenvalue weighted by atomic mass is 10.1. The maximum absolute atomic E-state index is 12.3. The summed E-state index contributed by atoms with van der Waals surface area (Å²) in [6, 6.07) is 5.45. The number of ether oxygens (including phenoxy) is 1. The average Bonchev–Trinajstić information content (AvgIpc) is 3.21. The van der Waals surface area contributed by atoms with Crippen LogP contribution in [0.2, 0.25) is 0 Å². The Morgan fingerprint density at radius 3 is 2.64 bits per heavy atom. The largest absolute Gasteiger partial charge is 0.456 e. The summed E-state index contributed by atoms with van der Waals surface area (Å²) in [6.07, 6.45) is 0.687. The van der Waals surface area contributed by atoms with Crippen molar-refractivity contribution in [3.63, 3.8) is 0 Å². The number of nitrogens with zero attached hydrogens (tertiary/aromatic N) is 4. The molecule has 28 heavy (non-hydrogen) atoms. The van der Waals surface area contributed by atoms with Crippen LogP contribution in [0.15, 0.2) is 29.1 Å². The zero-order valence-corrected chi connectivity index (χ0v) is 15.8. The van der Waals surface area contributed by atoms with Crippen molar-refractivity contribution in [1.82, 2.24) is 19.5 Å². The van der Waals surface area contributed by atoms with E-state index >= 15 is 0 Å². The molecular weight excluding hydrogens is 384 g/mol. The van der Waals surface area contributed by atoms with Gasteiger partial charge in [0.1, 0.15) is 11.6 Å². The van der Waals surface area contributed by atoms with Gasteiger partial charge in [0.15, 0.2) is 0 Å². The number of carbonyl (C=O) groups is 3. The molecule has 0 bridgehead atoms. The van der Waals surface area contributed by atoms with Gasteiger partial charge in [-0.3, -0.25) is 19.3 Å². The van der Waals surface area contributed by atoms with E-state index in [0.717, 1.165) is 9.91 Å². The Morgan fingerprint density at radius 2 is 1.89 bits per heavy atom. The molecule has 1 aliphatic rings. The van der Waals surface area contributed by atoms with Gasteiger partial charge in [0.05, 0.1) is 22.4 Å². The van der Waals surface area contributed by atoms with Crippen molar-refractivity contribution in [2.24, 2.45) is 0 Å². The number of aryl methyl sites for hydroxylation is 1. The van der Waals surface area contributed by atoms with Crippen LogP contribution in [0.25, 0.3) is 4.96 Å². The van der Waals surface area contributed by atoms with Gasteiger partial charge in [-0.1, -0.05) is 18.3 Å². The van der Waals surface area contributed by atoms with Gasteiger partial charge in [-0.2, -0.15) is 9.61 Å². The van der Waals surface area contributed by atoms with Crippen LogP contribution in [-0.4, -0.2) is 44.3 Å². The van der Waals surface area contributed by atoms with Gasteiger partial charge in [-0.25, -0.2) is 9.78 Å². The average molecular weight is 398 g/mol. The van der Waals surface area contributed by atoms with Gasteiger partial charge >= 0.3 is 5.97 Å². The van der Waals surface area contributed by atoms with E-state index in [9.17, 15) is 19.2 Å². The minimum atomic E-state index is -0.682. The van der Waals surface area contributed by atoms with E-state index in [0.29, 0.717) is 17.1 Å². The number of esters is 1. The van der Waals surface area contributed by atoms with Gasteiger partial charge < -0.3 is 4.74 Å². The first kappa shape index (κ1) is 18.0. The van der Waals surface area contributed by atoms with E-state index in [-0.39, 0.29) is 28.9 Å². The van der Waals surface area contributed by atoms with E-state index in [1.807, 2.05) is 6.92 Å². The van der Waals surface area contributed by atoms with Crippen LogP contribution in [0.4, 0.5) is 0 Å². The fourth-order valence-corrected chi connectivity index (χ4v) is 3.68. The number of imide groups is 1. The van der Waals surface area contributed by atoms with Crippen molar-refractivity contribution in [3.05, 3.63) is 62.0 Å². The Kier molecular flexibility index (Phi) is 4.27. The van der Waals surface area contributed by atoms with Crippen molar-refractivity contribution >= 4 is 34.1 Å². The fourth-order valence-electron chi connectivity index (χ4n) is 2.82. The summed E-state index contributed by atoms with van der Waals surface area (Å²) >= 11 is 1.30. The Morgan fingerprint density at radius 1 is 1.14 bits per heavy atom. The zero-order valence-electron chi connectivity index (χ0n) is 15.0. The predicted octanol–water partition coefficient (Wildman–Crippen LogP) is 1.30. The monoisotopic (exact) mass is 398 g/mol. The standard InChI is InChI=1S/C18H14N4O5S/c1-3-13-20-22-14(23)7-10(19-18(22)28-13)8-27-17(26)9-4-5-11-12(6-9)16(25)21(2)15(11)24/h4-7H,3,8H2,1-2H3. The summed E-state index contributed by atoms with van der Waals surface area (Å²) < 4.78 is 6.44. The molecule has 3 aromatic rings. The molecule has 0 saturated heterocycles. The minimum Gasteiger partial charge on any atom is -0.456 e. The molecule has 1 aliphatic heterocycles. The Hall–Kier alpha value is -3.40. The molecule has 142 valence electrons.